The van der Waals surface area contributed by atoms with Crippen LogP contribution < -0.4 is 21.3 Å². The number of nitrogens with one attached hydrogen (secondary N) is 2. The summed E-state index contributed by atoms with van der Waals surface area (Å²) in [5.74, 6) is -1.54. The van der Waals surface area contributed by atoms with E-state index in [4.69, 9.17) is 28.9 Å². The largest absolute Gasteiger partial charge is 0.368 e. The molecule has 0 radical (unpaired) electrons. The van der Waals surface area contributed by atoms with Gasteiger partial charge >= 0.3 is 0 Å². The van der Waals surface area contributed by atoms with Crippen LogP contribution in [0.2, 0.25) is 10.0 Å². The highest BCUT2D eigenvalue weighted by molar-refractivity contribution is 7.89. The molecule has 0 saturated carbocycles. The van der Waals surface area contributed by atoms with Crippen LogP contribution in [0.25, 0.3) is 0 Å². The SMILES string of the molecule is Cc1ccc(NC(=O)Cn2ncc(Cl)c(Cl)c2=O)cc1S(=O)(=O)N[C@@H](C(N)=O)c1ccccc1. The zero-order chi connectivity index (χ0) is 25.0. The standard InChI is InChI=1S/C21H19Cl2N5O5S/c1-12-7-8-14(26-17(29)11-28-21(31)18(23)15(22)10-25-28)9-16(12)34(32,33)27-19(20(24)30)13-5-3-2-4-6-13/h2-10,19,27H,11H2,1H3,(H2,24,30)(H,26,29)/t19-/m1/s1. The Morgan fingerprint density at radius 2 is 1.82 bits per heavy atom. The molecule has 4 N–H and O–H groups in total. The average molecular weight is 524 g/mol. The molecule has 2 amide bonds. The molecule has 0 aliphatic carbocycles. The summed E-state index contributed by atoms with van der Waals surface area (Å²) in [6, 6.07) is 11.1. The van der Waals surface area contributed by atoms with Crippen LogP contribution in [-0.2, 0) is 26.2 Å². The molecule has 34 heavy (non-hydrogen) atoms. The molecular weight excluding hydrogens is 505 g/mol. The summed E-state index contributed by atoms with van der Waals surface area (Å²) in [7, 11) is -4.22. The highest BCUT2D eigenvalue weighted by Gasteiger charge is 2.27. The van der Waals surface area contributed by atoms with Gasteiger partial charge in [0.1, 0.15) is 17.6 Å². The van der Waals surface area contributed by atoms with E-state index in [0.29, 0.717) is 11.1 Å². The van der Waals surface area contributed by atoms with Gasteiger partial charge in [0.25, 0.3) is 5.56 Å². The topological polar surface area (TPSA) is 153 Å². The number of amides is 2. The molecule has 0 spiro atoms. The summed E-state index contributed by atoms with van der Waals surface area (Å²) >= 11 is 11.5. The first-order valence-corrected chi connectivity index (χ1v) is 11.9. The van der Waals surface area contributed by atoms with E-state index in [-0.39, 0.29) is 20.6 Å². The van der Waals surface area contributed by atoms with Gasteiger partial charge in [-0.05, 0) is 30.2 Å². The molecule has 0 aliphatic heterocycles. The van der Waals surface area contributed by atoms with E-state index in [2.05, 4.69) is 15.1 Å². The molecule has 0 bridgehead atoms. The van der Waals surface area contributed by atoms with Crippen LogP contribution in [0, 0.1) is 6.92 Å². The molecular formula is C21H19Cl2N5O5S. The number of aromatic nitrogens is 2. The van der Waals surface area contributed by atoms with Gasteiger partial charge in [-0.15, -0.1) is 0 Å². The molecule has 0 fully saturated rings. The van der Waals surface area contributed by atoms with Crippen molar-refractivity contribution in [2.45, 2.75) is 24.4 Å². The van der Waals surface area contributed by atoms with Crippen molar-refractivity contribution in [2.75, 3.05) is 5.32 Å². The maximum atomic E-state index is 13.1. The lowest BCUT2D eigenvalue weighted by Crippen LogP contribution is -2.37. The molecule has 13 heteroatoms. The third-order valence-electron chi connectivity index (χ3n) is 4.69. The highest BCUT2D eigenvalue weighted by Crippen LogP contribution is 2.23. The number of primary amides is 1. The molecule has 1 aromatic heterocycles. The lowest BCUT2D eigenvalue weighted by atomic mass is 10.1. The normalized spacial score (nSPS) is 12.2. The van der Waals surface area contributed by atoms with Crippen molar-refractivity contribution >= 4 is 50.7 Å². The van der Waals surface area contributed by atoms with Crippen LogP contribution in [0.4, 0.5) is 5.69 Å². The van der Waals surface area contributed by atoms with Crippen molar-refractivity contribution < 1.29 is 18.0 Å². The first kappa shape index (κ1) is 25.4. The Kier molecular flexibility index (Phi) is 7.72. The predicted molar refractivity (Wildman–Crippen MR) is 127 cm³/mol. The van der Waals surface area contributed by atoms with Gasteiger partial charge in [-0.25, -0.2) is 13.1 Å². The summed E-state index contributed by atoms with van der Waals surface area (Å²) < 4.78 is 29.3. The summed E-state index contributed by atoms with van der Waals surface area (Å²) in [5, 5.41) is 5.92. The second kappa shape index (κ2) is 10.3. The number of aryl methyl sites for hydroxylation is 1. The highest BCUT2D eigenvalue weighted by atomic mass is 35.5. The number of nitrogens with two attached hydrogens (primary N) is 1. The Labute approximate surface area is 204 Å². The van der Waals surface area contributed by atoms with E-state index in [9.17, 15) is 22.8 Å². The number of carbonyl (C=O) groups excluding carboxylic acids is 2. The van der Waals surface area contributed by atoms with E-state index >= 15 is 0 Å². The van der Waals surface area contributed by atoms with Gasteiger partial charge in [0.15, 0.2) is 0 Å². The van der Waals surface area contributed by atoms with Crippen LogP contribution in [0.1, 0.15) is 17.2 Å². The first-order valence-electron chi connectivity index (χ1n) is 9.68. The van der Waals surface area contributed by atoms with Crippen molar-refractivity contribution in [3.05, 3.63) is 86.3 Å². The van der Waals surface area contributed by atoms with Gasteiger partial charge in [0.05, 0.1) is 16.1 Å². The monoisotopic (exact) mass is 523 g/mol. The van der Waals surface area contributed by atoms with Crippen LogP contribution in [0.3, 0.4) is 0 Å². The summed E-state index contributed by atoms with van der Waals surface area (Å²) in [6.45, 7) is 1.07. The number of hydrogen-bond donors (Lipinski definition) is 3. The van der Waals surface area contributed by atoms with E-state index < -0.39 is 40.0 Å². The van der Waals surface area contributed by atoms with Gasteiger partial charge in [0.2, 0.25) is 21.8 Å². The summed E-state index contributed by atoms with van der Waals surface area (Å²) in [5.41, 5.74) is 5.55. The lowest BCUT2D eigenvalue weighted by Gasteiger charge is -2.18. The average Bonchev–Trinajstić information content (AvgIpc) is 2.79. The molecule has 0 saturated heterocycles. The Bertz CT molecular complexity index is 1410. The molecule has 0 unspecified atom stereocenters. The maximum absolute atomic E-state index is 13.1. The molecule has 3 rings (SSSR count). The van der Waals surface area contributed by atoms with Crippen molar-refractivity contribution in [1.29, 1.82) is 0 Å². The molecule has 1 atom stereocenters. The zero-order valence-corrected chi connectivity index (χ0v) is 20.0. The number of halogens is 2. The molecule has 10 nitrogen and oxygen atoms in total. The summed E-state index contributed by atoms with van der Waals surface area (Å²) in [4.78, 5) is 36.2. The van der Waals surface area contributed by atoms with Crippen LogP contribution in [0.15, 0.2) is 64.4 Å². The molecule has 178 valence electrons. The Morgan fingerprint density at radius 3 is 2.47 bits per heavy atom. The van der Waals surface area contributed by atoms with Gasteiger partial charge in [0, 0.05) is 5.69 Å². The Hall–Kier alpha value is -3.25. The van der Waals surface area contributed by atoms with Crippen molar-refractivity contribution in [1.82, 2.24) is 14.5 Å². The number of benzene rings is 2. The molecule has 0 aliphatic rings. The fourth-order valence-electron chi connectivity index (χ4n) is 3.02. The summed E-state index contributed by atoms with van der Waals surface area (Å²) in [6.07, 6.45) is 1.13. The second-order valence-electron chi connectivity index (χ2n) is 7.17. The van der Waals surface area contributed by atoms with Gasteiger partial charge in [-0.2, -0.15) is 9.82 Å². The minimum atomic E-state index is -4.22. The number of carbonyl (C=O) groups is 2. The fraction of sp³-hybridized carbons (Fsp3) is 0.143. The Morgan fingerprint density at radius 1 is 1.15 bits per heavy atom. The number of sulfonamides is 1. The third-order valence-corrected chi connectivity index (χ3v) is 7.00. The van der Waals surface area contributed by atoms with E-state index in [1.54, 1.807) is 37.3 Å². The quantitative estimate of drug-likeness (QED) is 0.410. The van der Waals surface area contributed by atoms with E-state index in [0.717, 1.165) is 10.9 Å². The smallest absolute Gasteiger partial charge is 0.287 e. The number of rotatable bonds is 8. The minimum Gasteiger partial charge on any atom is -0.368 e. The molecule has 3 aromatic rings. The maximum Gasteiger partial charge on any atom is 0.287 e. The molecule has 1 heterocycles. The van der Waals surface area contributed by atoms with E-state index in [1.165, 1.54) is 18.2 Å². The van der Waals surface area contributed by atoms with Gasteiger partial charge in [-0.3, -0.25) is 14.4 Å². The van der Waals surface area contributed by atoms with Gasteiger partial charge < -0.3 is 11.1 Å². The van der Waals surface area contributed by atoms with Crippen LogP contribution in [-0.4, -0.2) is 30.0 Å². The van der Waals surface area contributed by atoms with Gasteiger partial charge in [-0.1, -0.05) is 59.6 Å². The minimum absolute atomic E-state index is 0.0472. The third kappa shape index (κ3) is 5.81. The van der Waals surface area contributed by atoms with Crippen molar-refractivity contribution in [3.63, 3.8) is 0 Å². The van der Waals surface area contributed by atoms with Crippen LogP contribution in [0.5, 0.6) is 0 Å². The number of anilines is 1. The molecule has 2 aromatic carbocycles. The lowest BCUT2D eigenvalue weighted by molar-refractivity contribution is -0.119. The fourth-order valence-corrected chi connectivity index (χ4v) is 4.75. The zero-order valence-electron chi connectivity index (χ0n) is 17.7. The Balaban J connectivity index is 1.84. The number of nitrogens with zero attached hydrogens (tertiary/aromatic N) is 2. The van der Waals surface area contributed by atoms with Crippen LogP contribution >= 0.6 is 23.2 Å². The first-order chi connectivity index (χ1) is 16.0. The van der Waals surface area contributed by atoms with Crippen molar-refractivity contribution in [2.24, 2.45) is 5.73 Å². The predicted octanol–water partition coefficient (Wildman–Crippen LogP) is 2.00. The van der Waals surface area contributed by atoms with Crippen molar-refractivity contribution in [3.8, 4) is 0 Å². The second-order valence-corrected chi connectivity index (χ2v) is 9.63. The number of hydrogen-bond acceptors (Lipinski definition) is 6. The van der Waals surface area contributed by atoms with E-state index in [1.807, 2.05) is 0 Å².